The number of rotatable bonds is 3. The van der Waals surface area contributed by atoms with E-state index in [0.29, 0.717) is 11.3 Å². The van der Waals surface area contributed by atoms with E-state index >= 15 is 0 Å². The third kappa shape index (κ3) is 3.00. The number of allylic oxidation sites excluding steroid dienone is 2. The van der Waals surface area contributed by atoms with E-state index < -0.39 is 11.4 Å². The second-order valence-corrected chi connectivity index (χ2v) is 3.51. The SMILES string of the molecule is COc1cc(NC(C#N)=C(C#N)C#N)c(F)cc1C. The molecule has 1 aromatic carbocycles. The molecule has 0 spiro atoms. The van der Waals surface area contributed by atoms with Crippen LogP contribution in [0.15, 0.2) is 23.4 Å². The Balaban J connectivity index is 3.28. The molecule has 0 aromatic heterocycles. The molecule has 0 aliphatic heterocycles. The molecule has 0 unspecified atom stereocenters. The van der Waals surface area contributed by atoms with Gasteiger partial charge in [-0.1, -0.05) is 0 Å². The minimum absolute atomic E-state index is 0.0398. The Morgan fingerprint density at radius 3 is 2.32 bits per heavy atom. The van der Waals surface area contributed by atoms with Crippen LogP contribution >= 0.6 is 0 Å². The summed E-state index contributed by atoms with van der Waals surface area (Å²) in [6.07, 6.45) is 0. The molecule has 19 heavy (non-hydrogen) atoms. The minimum atomic E-state index is -0.610. The lowest BCUT2D eigenvalue weighted by Crippen LogP contribution is -2.03. The lowest BCUT2D eigenvalue weighted by Gasteiger charge is -2.10. The third-order valence-electron chi connectivity index (χ3n) is 2.33. The average molecular weight is 256 g/mol. The highest BCUT2D eigenvalue weighted by Crippen LogP contribution is 2.26. The van der Waals surface area contributed by atoms with Crippen molar-refractivity contribution in [3.05, 3.63) is 34.8 Å². The van der Waals surface area contributed by atoms with Crippen molar-refractivity contribution in [3.63, 3.8) is 0 Å². The van der Waals surface area contributed by atoms with E-state index in [4.69, 9.17) is 20.5 Å². The first-order valence-electron chi connectivity index (χ1n) is 5.13. The first kappa shape index (κ1) is 14.0. The summed E-state index contributed by atoms with van der Waals surface area (Å²) < 4.78 is 18.8. The highest BCUT2D eigenvalue weighted by Gasteiger charge is 2.12. The van der Waals surface area contributed by atoms with Crippen molar-refractivity contribution in [3.8, 4) is 24.0 Å². The number of methoxy groups -OCH3 is 1. The zero-order valence-corrected chi connectivity index (χ0v) is 10.3. The highest BCUT2D eigenvalue weighted by atomic mass is 19.1. The molecule has 6 heteroatoms. The van der Waals surface area contributed by atoms with E-state index in [2.05, 4.69) is 5.32 Å². The van der Waals surface area contributed by atoms with Gasteiger partial charge in [0, 0.05) is 6.07 Å². The zero-order valence-electron chi connectivity index (χ0n) is 10.3. The van der Waals surface area contributed by atoms with E-state index in [1.807, 2.05) is 0 Å². The van der Waals surface area contributed by atoms with E-state index in [1.165, 1.54) is 19.2 Å². The molecule has 0 radical (unpaired) electrons. The number of halogens is 1. The number of aryl methyl sites for hydroxylation is 1. The molecule has 0 saturated carbocycles. The summed E-state index contributed by atoms with van der Waals surface area (Å²) in [4.78, 5) is 0. The fraction of sp³-hybridized carbons (Fsp3) is 0.154. The summed E-state index contributed by atoms with van der Waals surface area (Å²) in [6.45, 7) is 1.67. The molecule has 0 amide bonds. The van der Waals surface area contributed by atoms with Crippen molar-refractivity contribution >= 4 is 5.69 Å². The molecule has 0 aliphatic carbocycles. The van der Waals surface area contributed by atoms with E-state index in [0.717, 1.165) is 0 Å². The molecule has 0 heterocycles. The third-order valence-corrected chi connectivity index (χ3v) is 2.33. The number of anilines is 1. The number of hydrogen-bond acceptors (Lipinski definition) is 5. The first-order valence-corrected chi connectivity index (χ1v) is 5.13. The molecule has 0 atom stereocenters. The Bertz CT molecular complexity index is 643. The van der Waals surface area contributed by atoms with Crippen LogP contribution in [0.25, 0.3) is 0 Å². The summed E-state index contributed by atoms with van der Waals surface area (Å²) >= 11 is 0. The van der Waals surface area contributed by atoms with Crippen molar-refractivity contribution in [2.45, 2.75) is 6.92 Å². The molecule has 0 aliphatic rings. The summed E-state index contributed by atoms with van der Waals surface area (Å²) in [6, 6.07) is 7.36. The van der Waals surface area contributed by atoms with E-state index in [-0.39, 0.29) is 11.4 Å². The lowest BCUT2D eigenvalue weighted by atomic mass is 10.1. The van der Waals surface area contributed by atoms with Crippen LogP contribution in [-0.2, 0) is 0 Å². The second kappa shape index (κ2) is 6.05. The van der Waals surface area contributed by atoms with Crippen molar-refractivity contribution in [1.82, 2.24) is 0 Å². The van der Waals surface area contributed by atoms with Crippen LogP contribution in [0.2, 0.25) is 0 Å². The monoisotopic (exact) mass is 256 g/mol. The van der Waals surface area contributed by atoms with Gasteiger partial charge in [-0.15, -0.1) is 0 Å². The normalized spacial score (nSPS) is 8.63. The molecular weight excluding hydrogens is 247 g/mol. The van der Waals surface area contributed by atoms with Crippen molar-refractivity contribution in [2.24, 2.45) is 0 Å². The Labute approximate surface area is 109 Å². The van der Waals surface area contributed by atoms with Gasteiger partial charge in [-0.3, -0.25) is 0 Å². The largest absolute Gasteiger partial charge is 0.496 e. The second-order valence-electron chi connectivity index (χ2n) is 3.51. The highest BCUT2D eigenvalue weighted by molar-refractivity contribution is 5.61. The van der Waals surface area contributed by atoms with Gasteiger partial charge in [0.05, 0.1) is 12.8 Å². The maximum Gasteiger partial charge on any atom is 0.163 e. The van der Waals surface area contributed by atoms with Crippen molar-refractivity contribution in [1.29, 1.82) is 15.8 Å². The van der Waals surface area contributed by atoms with Gasteiger partial charge < -0.3 is 10.1 Å². The first-order chi connectivity index (χ1) is 9.07. The Morgan fingerprint density at radius 1 is 1.21 bits per heavy atom. The molecule has 1 N–H and O–H groups in total. The van der Waals surface area contributed by atoms with Crippen LogP contribution in [-0.4, -0.2) is 7.11 Å². The quantitative estimate of drug-likeness (QED) is 0.838. The predicted octanol–water partition coefficient (Wildman–Crippen LogP) is 2.38. The molecule has 0 bridgehead atoms. The summed E-state index contributed by atoms with van der Waals surface area (Å²) in [5.41, 5.74) is -0.174. The van der Waals surface area contributed by atoms with Crippen molar-refractivity contribution < 1.29 is 9.13 Å². The molecular formula is C13H9FN4O. The lowest BCUT2D eigenvalue weighted by molar-refractivity contribution is 0.411. The Kier molecular flexibility index (Phi) is 4.46. The van der Waals surface area contributed by atoms with E-state index in [1.54, 1.807) is 25.1 Å². The number of benzene rings is 1. The van der Waals surface area contributed by atoms with Crippen LogP contribution in [0.5, 0.6) is 5.75 Å². The fourth-order valence-electron chi connectivity index (χ4n) is 1.39. The smallest absolute Gasteiger partial charge is 0.163 e. The maximum absolute atomic E-state index is 13.7. The van der Waals surface area contributed by atoms with Gasteiger partial charge in [-0.25, -0.2) is 4.39 Å². The molecule has 0 saturated heterocycles. The summed E-state index contributed by atoms with van der Waals surface area (Å²) in [5, 5.41) is 28.6. The molecule has 0 fully saturated rings. The predicted molar refractivity (Wildman–Crippen MR) is 65.2 cm³/mol. The van der Waals surface area contributed by atoms with Gasteiger partial charge in [0.1, 0.15) is 35.5 Å². The van der Waals surface area contributed by atoms with E-state index in [9.17, 15) is 4.39 Å². The van der Waals surface area contributed by atoms with Gasteiger partial charge in [-0.2, -0.15) is 15.8 Å². The summed E-state index contributed by atoms with van der Waals surface area (Å²) in [5.74, 6) is -0.182. The molecule has 1 rings (SSSR count). The zero-order chi connectivity index (χ0) is 14.4. The fourth-order valence-corrected chi connectivity index (χ4v) is 1.39. The number of nitrogens with zero attached hydrogens (tertiary/aromatic N) is 3. The van der Waals surface area contributed by atoms with Crippen LogP contribution in [0.3, 0.4) is 0 Å². The summed E-state index contributed by atoms with van der Waals surface area (Å²) in [7, 11) is 1.43. The van der Waals surface area contributed by atoms with Crippen LogP contribution in [0.1, 0.15) is 5.56 Å². The van der Waals surface area contributed by atoms with Gasteiger partial charge >= 0.3 is 0 Å². The Morgan fingerprint density at radius 2 is 1.84 bits per heavy atom. The molecule has 5 nitrogen and oxygen atoms in total. The molecule has 1 aromatic rings. The standard InChI is InChI=1S/C13H9FN4O/c1-8-3-10(14)11(4-13(8)19-2)18-12(7-17)9(5-15)6-16/h3-4,18H,1-2H3. The van der Waals surface area contributed by atoms with Crippen LogP contribution < -0.4 is 10.1 Å². The van der Waals surface area contributed by atoms with Gasteiger partial charge in [0.25, 0.3) is 0 Å². The molecule has 94 valence electrons. The minimum Gasteiger partial charge on any atom is -0.496 e. The number of ether oxygens (including phenoxy) is 1. The van der Waals surface area contributed by atoms with Gasteiger partial charge in [0.15, 0.2) is 5.57 Å². The van der Waals surface area contributed by atoms with Crippen LogP contribution in [0, 0.1) is 46.7 Å². The number of hydrogen-bond donors (Lipinski definition) is 1. The van der Waals surface area contributed by atoms with Gasteiger partial charge in [0.2, 0.25) is 0 Å². The maximum atomic E-state index is 13.7. The number of nitriles is 3. The topological polar surface area (TPSA) is 92.6 Å². The van der Waals surface area contributed by atoms with Crippen LogP contribution in [0.4, 0.5) is 10.1 Å². The number of nitrogens with one attached hydrogen (secondary N) is 1. The van der Waals surface area contributed by atoms with Gasteiger partial charge in [-0.05, 0) is 18.6 Å². The van der Waals surface area contributed by atoms with Crippen molar-refractivity contribution in [2.75, 3.05) is 12.4 Å². The Hall–Kier alpha value is -3.04. The average Bonchev–Trinajstić information content (AvgIpc) is 2.41.